The Balaban J connectivity index is 1.51. The van der Waals surface area contributed by atoms with E-state index in [1.807, 2.05) is 11.0 Å². The molecular formula is C18H25NO3S. The van der Waals surface area contributed by atoms with Gasteiger partial charge in [0.15, 0.2) is 6.61 Å². The standard InChI is InChI=1S/C18H25NO3S/c20-17(19-10-6-2-1-3-7-11-19)13-22-18(21)16-12-14-8-4-5-9-15(14)23-16/h12H,1-11,13H2. The molecule has 1 aromatic rings. The van der Waals surface area contributed by atoms with Gasteiger partial charge in [0.25, 0.3) is 5.91 Å². The Labute approximate surface area is 141 Å². The number of ether oxygens (including phenoxy) is 1. The molecule has 1 saturated heterocycles. The van der Waals surface area contributed by atoms with Crippen molar-refractivity contribution in [1.82, 2.24) is 4.90 Å². The third-order valence-corrected chi connectivity index (χ3v) is 5.95. The molecule has 0 atom stereocenters. The molecule has 0 spiro atoms. The van der Waals surface area contributed by atoms with Gasteiger partial charge in [-0.15, -0.1) is 11.3 Å². The van der Waals surface area contributed by atoms with Gasteiger partial charge in [-0.3, -0.25) is 4.79 Å². The summed E-state index contributed by atoms with van der Waals surface area (Å²) in [5.41, 5.74) is 1.29. The quantitative estimate of drug-likeness (QED) is 0.793. The molecule has 3 rings (SSSR count). The molecule has 1 amide bonds. The second-order valence-corrected chi connectivity index (χ2v) is 7.63. The molecule has 0 N–H and O–H groups in total. The van der Waals surface area contributed by atoms with Crippen LogP contribution in [-0.2, 0) is 22.4 Å². The first-order valence-electron chi connectivity index (χ1n) is 8.80. The second-order valence-electron chi connectivity index (χ2n) is 6.49. The van der Waals surface area contributed by atoms with Gasteiger partial charge >= 0.3 is 5.97 Å². The molecule has 2 heterocycles. The monoisotopic (exact) mass is 335 g/mol. The van der Waals surface area contributed by atoms with Gasteiger partial charge in [0, 0.05) is 18.0 Å². The van der Waals surface area contributed by atoms with Crippen molar-refractivity contribution in [3.05, 3.63) is 21.4 Å². The van der Waals surface area contributed by atoms with E-state index in [0.29, 0.717) is 4.88 Å². The number of thiophene rings is 1. The van der Waals surface area contributed by atoms with Crippen molar-refractivity contribution in [2.24, 2.45) is 0 Å². The van der Waals surface area contributed by atoms with E-state index in [-0.39, 0.29) is 18.5 Å². The lowest BCUT2D eigenvalue weighted by molar-refractivity contribution is -0.134. The molecule has 0 unspecified atom stereocenters. The number of aryl methyl sites for hydroxylation is 2. The van der Waals surface area contributed by atoms with Crippen LogP contribution < -0.4 is 0 Å². The first-order valence-corrected chi connectivity index (χ1v) is 9.62. The number of hydrogen-bond acceptors (Lipinski definition) is 4. The number of fused-ring (bicyclic) bond motifs is 1. The summed E-state index contributed by atoms with van der Waals surface area (Å²) in [7, 11) is 0. The summed E-state index contributed by atoms with van der Waals surface area (Å²) < 4.78 is 5.27. The minimum Gasteiger partial charge on any atom is -0.451 e. The Kier molecular flexibility index (Phi) is 5.70. The molecule has 126 valence electrons. The Hall–Kier alpha value is -1.36. The van der Waals surface area contributed by atoms with Gasteiger partial charge in [-0.25, -0.2) is 4.79 Å². The predicted octanol–water partition coefficient (Wildman–Crippen LogP) is 3.58. The fourth-order valence-electron chi connectivity index (χ4n) is 3.38. The normalized spacial score (nSPS) is 18.7. The maximum Gasteiger partial charge on any atom is 0.348 e. The largest absolute Gasteiger partial charge is 0.451 e. The third kappa shape index (κ3) is 4.34. The number of carbonyl (C=O) groups is 2. The summed E-state index contributed by atoms with van der Waals surface area (Å²) >= 11 is 1.54. The molecule has 0 aromatic carbocycles. The van der Waals surface area contributed by atoms with Crippen molar-refractivity contribution in [3.63, 3.8) is 0 Å². The number of likely N-dealkylation sites (tertiary alicyclic amines) is 1. The Bertz CT molecular complexity index is 535. The van der Waals surface area contributed by atoms with Crippen LogP contribution in [-0.4, -0.2) is 36.5 Å². The van der Waals surface area contributed by atoms with E-state index in [0.717, 1.165) is 38.8 Å². The number of carbonyl (C=O) groups excluding carboxylic acids is 2. The molecule has 5 heteroatoms. The van der Waals surface area contributed by atoms with Gasteiger partial charge in [-0.05, 0) is 50.2 Å². The SMILES string of the molecule is O=C(OCC(=O)N1CCCCCCC1)c1cc2c(s1)CCCC2. The summed E-state index contributed by atoms with van der Waals surface area (Å²) in [6.07, 6.45) is 10.3. The zero-order valence-corrected chi connectivity index (χ0v) is 14.5. The molecule has 1 aliphatic heterocycles. The minimum absolute atomic E-state index is 0.0541. The first kappa shape index (κ1) is 16.5. The molecule has 23 heavy (non-hydrogen) atoms. The van der Waals surface area contributed by atoms with Crippen molar-refractivity contribution in [1.29, 1.82) is 0 Å². The van der Waals surface area contributed by atoms with Gasteiger partial charge < -0.3 is 9.64 Å². The van der Waals surface area contributed by atoms with Crippen molar-refractivity contribution in [3.8, 4) is 0 Å². The van der Waals surface area contributed by atoms with Crippen LogP contribution in [0.15, 0.2) is 6.07 Å². The van der Waals surface area contributed by atoms with Gasteiger partial charge in [-0.1, -0.05) is 19.3 Å². The fraction of sp³-hybridized carbons (Fsp3) is 0.667. The zero-order valence-electron chi connectivity index (χ0n) is 13.6. The van der Waals surface area contributed by atoms with Crippen LogP contribution in [0.25, 0.3) is 0 Å². The van der Waals surface area contributed by atoms with Crippen LogP contribution >= 0.6 is 11.3 Å². The van der Waals surface area contributed by atoms with E-state index in [2.05, 4.69) is 0 Å². The van der Waals surface area contributed by atoms with Gasteiger partial charge in [0.2, 0.25) is 0 Å². The summed E-state index contributed by atoms with van der Waals surface area (Å²) in [6.45, 7) is 1.47. The first-order chi connectivity index (χ1) is 11.2. The van der Waals surface area contributed by atoms with Gasteiger partial charge in [0.05, 0.1) is 0 Å². The lowest BCUT2D eigenvalue weighted by Gasteiger charge is -2.24. The lowest BCUT2D eigenvalue weighted by atomic mass is 9.99. The van der Waals surface area contributed by atoms with Crippen LogP contribution in [0, 0.1) is 0 Å². The van der Waals surface area contributed by atoms with Crippen LogP contribution in [0.3, 0.4) is 0 Å². The number of nitrogens with zero attached hydrogens (tertiary/aromatic N) is 1. The highest BCUT2D eigenvalue weighted by Crippen LogP contribution is 2.30. The second kappa shape index (κ2) is 7.95. The van der Waals surface area contributed by atoms with Crippen molar-refractivity contribution >= 4 is 23.2 Å². The Morgan fingerprint density at radius 2 is 1.70 bits per heavy atom. The maximum atomic E-state index is 12.2. The highest BCUT2D eigenvalue weighted by Gasteiger charge is 2.20. The molecule has 2 aliphatic rings. The summed E-state index contributed by atoms with van der Waals surface area (Å²) in [5.74, 6) is -0.397. The molecule has 0 saturated carbocycles. The number of esters is 1. The van der Waals surface area contributed by atoms with E-state index in [4.69, 9.17) is 4.74 Å². The Morgan fingerprint density at radius 3 is 2.43 bits per heavy atom. The number of amides is 1. The van der Waals surface area contributed by atoms with E-state index < -0.39 is 0 Å². The van der Waals surface area contributed by atoms with E-state index in [1.165, 1.54) is 53.9 Å². The maximum absolute atomic E-state index is 12.2. The number of rotatable bonds is 3. The molecule has 4 nitrogen and oxygen atoms in total. The van der Waals surface area contributed by atoms with Gasteiger partial charge in [0.1, 0.15) is 4.88 Å². The average Bonchev–Trinajstić information content (AvgIpc) is 2.96. The number of hydrogen-bond donors (Lipinski definition) is 0. The summed E-state index contributed by atoms with van der Waals surface area (Å²) in [5, 5.41) is 0. The molecule has 1 fully saturated rings. The molecule has 1 aliphatic carbocycles. The van der Waals surface area contributed by atoms with Crippen LogP contribution in [0.5, 0.6) is 0 Å². The lowest BCUT2D eigenvalue weighted by Crippen LogP contribution is -2.36. The van der Waals surface area contributed by atoms with Crippen molar-refractivity contribution < 1.29 is 14.3 Å². The molecule has 0 bridgehead atoms. The van der Waals surface area contributed by atoms with E-state index >= 15 is 0 Å². The average molecular weight is 335 g/mol. The van der Waals surface area contributed by atoms with Gasteiger partial charge in [-0.2, -0.15) is 0 Å². The zero-order chi connectivity index (χ0) is 16.1. The fourth-order valence-corrected chi connectivity index (χ4v) is 4.53. The summed E-state index contributed by atoms with van der Waals surface area (Å²) in [6, 6.07) is 1.96. The van der Waals surface area contributed by atoms with Crippen molar-refractivity contribution in [2.45, 2.75) is 57.8 Å². The molecular weight excluding hydrogens is 310 g/mol. The smallest absolute Gasteiger partial charge is 0.348 e. The van der Waals surface area contributed by atoms with Crippen molar-refractivity contribution in [2.75, 3.05) is 19.7 Å². The van der Waals surface area contributed by atoms with Crippen LogP contribution in [0.4, 0.5) is 0 Å². The summed E-state index contributed by atoms with van der Waals surface area (Å²) in [4.78, 5) is 28.3. The minimum atomic E-state index is -0.343. The highest BCUT2D eigenvalue weighted by molar-refractivity contribution is 7.14. The molecule has 1 aromatic heterocycles. The van der Waals surface area contributed by atoms with E-state index in [1.54, 1.807) is 0 Å². The van der Waals surface area contributed by atoms with Crippen LogP contribution in [0.1, 0.15) is 65.1 Å². The van der Waals surface area contributed by atoms with E-state index in [9.17, 15) is 9.59 Å². The highest BCUT2D eigenvalue weighted by atomic mass is 32.1. The molecule has 0 radical (unpaired) electrons. The topological polar surface area (TPSA) is 46.6 Å². The predicted molar refractivity (Wildman–Crippen MR) is 90.9 cm³/mol. The van der Waals surface area contributed by atoms with Crippen LogP contribution in [0.2, 0.25) is 0 Å². The third-order valence-electron chi connectivity index (χ3n) is 4.73. The Morgan fingerprint density at radius 1 is 1.00 bits per heavy atom.